The van der Waals surface area contributed by atoms with E-state index in [0.29, 0.717) is 0 Å². The highest BCUT2D eigenvalue weighted by atomic mass is 32.1. The van der Waals surface area contributed by atoms with E-state index in [1.54, 1.807) is 19.1 Å². The van der Waals surface area contributed by atoms with E-state index in [9.17, 15) is 23.2 Å². The third kappa shape index (κ3) is 4.12. The Hall–Kier alpha value is -4.13. The van der Waals surface area contributed by atoms with Crippen molar-refractivity contribution in [2.75, 3.05) is 11.9 Å². The van der Waals surface area contributed by atoms with Crippen LogP contribution in [0.15, 0.2) is 34.9 Å². The minimum Gasteiger partial charge on any atom is -0.464 e. The van der Waals surface area contributed by atoms with Gasteiger partial charge < -0.3 is 20.2 Å². The van der Waals surface area contributed by atoms with E-state index in [1.165, 1.54) is 24.1 Å². The Balaban J connectivity index is 1.84. The number of primary amides is 1. The average Bonchev–Trinajstić information content (AvgIpc) is 3.52. The van der Waals surface area contributed by atoms with Crippen LogP contribution in [0.2, 0.25) is 0 Å². The molecular weight excluding hydrogens is 472 g/mol. The summed E-state index contributed by atoms with van der Waals surface area (Å²) in [5.41, 5.74) is 5.03. The Morgan fingerprint density at radius 1 is 1.32 bits per heavy atom. The zero-order valence-electron chi connectivity index (χ0n) is 17.8. The average molecular weight is 489 g/mol. The van der Waals surface area contributed by atoms with E-state index in [0.717, 1.165) is 17.4 Å². The molecule has 0 aliphatic rings. The van der Waals surface area contributed by atoms with Gasteiger partial charge in [0.15, 0.2) is 5.69 Å². The van der Waals surface area contributed by atoms with Crippen LogP contribution in [-0.2, 0) is 11.8 Å². The SMILES string of the molecule is CCOC(=O)c1cc(C(=O)Nc2c(C(N)=O)sc3nc(C(F)F)cc(-c4ccco4)c23)nn1C. The van der Waals surface area contributed by atoms with E-state index >= 15 is 0 Å². The van der Waals surface area contributed by atoms with Crippen LogP contribution >= 0.6 is 11.3 Å². The summed E-state index contributed by atoms with van der Waals surface area (Å²) in [7, 11) is 1.46. The predicted molar refractivity (Wildman–Crippen MR) is 118 cm³/mol. The number of halogens is 2. The molecule has 10 nitrogen and oxygen atoms in total. The number of furan rings is 1. The topological polar surface area (TPSA) is 142 Å². The molecule has 4 aromatic rings. The van der Waals surface area contributed by atoms with E-state index in [4.69, 9.17) is 14.9 Å². The fourth-order valence-electron chi connectivity index (χ4n) is 3.30. The molecule has 3 N–H and O–H groups in total. The molecule has 0 spiro atoms. The third-order valence-corrected chi connectivity index (χ3v) is 5.85. The number of aryl methyl sites for hydroxylation is 1. The minimum atomic E-state index is -2.88. The Kier molecular flexibility index (Phi) is 6.11. The smallest absolute Gasteiger partial charge is 0.356 e. The van der Waals surface area contributed by atoms with Gasteiger partial charge in [-0.2, -0.15) is 5.10 Å². The van der Waals surface area contributed by atoms with Crippen molar-refractivity contribution in [2.45, 2.75) is 13.3 Å². The van der Waals surface area contributed by atoms with E-state index in [1.807, 2.05) is 0 Å². The highest BCUT2D eigenvalue weighted by molar-refractivity contribution is 7.21. The van der Waals surface area contributed by atoms with Gasteiger partial charge in [-0.25, -0.2) is 18.6 Å². The molecule has 4 heterocycles. The first-order chi connectivity index (χ1) is 16.2. The number of nitrogens with two attached hydrogens (primary N) is 1. The zero-order valence-corrected chi connectivity index (χ0v) is 18.6. The van der Waals surface area contributed by atoms with Crippen molar-refractivity contribution < 1.29 is 32.3 Å². The molecule has 0 aromatic carbocycles. The lowest BCUT2D eigenvalue weighted by Crippen LogP contribution is -2.17. The number of thiophene rings is 1. The highest BCUT2D eigenvalue weighted by Gasteiger charge is 2.27. The molecule has 0 atom stereocenters. The lowest BCUT2D eigenvalue weighted by molar-refractivity contribution is 0.0513. The number of hydrogen-bond donors (Lipinski definition) is 2. The van der Waals surface area contributed by atoms with Crippen LogP contribution in [0.3, 0.4) is 0 Å². The molecule has 0 radical (unpaired) electrons. The van der Waals surface area contributed by atoms with Gasteiger partial charge in [-0.05, 0) is 25.1 Å². The van der Waals surface area contributed by atoms with Gasteiger partial charge in [0.25, 0.3) is 18.2 Å². The van der Waals surface area contributed by atoms with Crippen LogP contribution in [0.1, 0.15) is 49.7 Å². The van der Waals surface area contributed by atoms with Crippen molar-refractivity contribution >= 4 is 45.0 Å². The van der Waals surface area contributed by atoms with Gasteiger partial charge in [0.05, 0.1) is 18.6 Å². The van der Waals surface area contributed by atoms with Crippen LogP contribution in [-0.4, -0.2) is 39.2 Å². The molecule has 0 saturated heterocycles. The molecule has 0 unspecified atom stereocenters. The highest BCUT2D eigenvalue weighted by Crippen LogP contribution is 2.42. The number of carbonyl (C=O) groups is 3. The van der Waals surface area contributed by atoms with Crippen molar-refractivity contribution in [3.8, 4) is 11.3 Å². The number of alkyl halides is 2. The van der Waals surface area contributed by atoms with Gasteiger partial charge in [0.1, 0.15) is 26.9 Å². The van der Waals surface area contributed by atoms with Crippen LogP contribution < -0.4 is 11.1 Å². The number of nitrogens with one attached hydrogen (secondary N) is 1. The number of carbonyl (C=O) groups excluding carboxylic acids is 3. The van der Waals surface area contributed by atoms with Crippen molar-refractivity contribution in [2.24, 2.45) is 12.8 Å². The quantitative estimate of drug-likeness (QED) is 0.376. The van der Waals surface area contributed by atoms with E-state index < -0.39 is 29.9 Å². The number of pyridine rings is 1. The van der Waals surface area contributed by atoms with Crippen molar-refractivity contribution in [1.29, 1.82) is 0 Å². The summed E-state index contributed by atoms with van der Waals surface area (Å²) in [4.78, 5) is 41.1. The molecule has 0 saturated carbocycles. The Morgan fingerprint density at radius 2 is 2.09 bits per heavy atom. The van der Waals surface area contributed by atoms with Crippen LogP contribution in [0.5, 0.6) is 0 Å². The van der Waals surface area contributed by atoms with Crippen LogP contribution in [0.4, 0.5) is 14.5 Å². The Bertz CT molecular complexity index is 1410. The molecule has 0 fully saturated rings. The molecule has 34 heavy (non-hydrogen) atoms. The first-order valence-corrected chi connectivity index (χ1v) is 10.6. The molecule has 4 aromatic heterocycles. The van der Waals surface area contributed by atoms with E-state index in [2.05, 4.69) is 15.4 Å². The molecule has 0 aliphatic heterocycles. The summed E-state index contributed by atoms with van der Waals surface area (Å²) in [5, 5.41) is 6.79. The van der Waals surface area contributed by atoms with Crippen molar-refractivity contribution in [1.82, 2.24) is 14.8 Å². The molecule has 13 heteroatoms. The monoisotopic (exact) mass is 489 g/mol. The second kappa shape index (κ2) is 9.02. The number of hydrogen-bond acceptors (Lipinski definition) is 8. The van der Waals surface area contributed by atoms with Gasteiger partial charge in [-0.1, -0.05) is 0 Å². The van der Waals surface area contributed by atoms with Crippen molar-refractivity contribution in [3.05, 3.63) is 52.5 Å². The van der Waals surface area contributed by atoms with Gasteiger partial charge in [0.2, 0.25) is 0 Å². The fourth-order valence-corrected chi connectivity index (χ4v) is 4.31. The molecule has 0 aliphatic carbocycles. The summed E-state index contributed by atoms with van der Waals surface area (Å²) < 4.78 is 38.4. The molecule has 4 rings (SSSR count). The summed E-state index contributed by atoms with van der Waals surface area (Å²) >= 11 is 0.757. The van der Waals surface area contributed by atoms with Gasteiger partial charge in [-0.3, -0.25) is 14.3 Å². The number of fused-ring (bicyclic) bond motifs is 1. The minimum absolute atomic E-state index is 0.0273. The first-order valence-electron chi connectivity index (χ1n) is 9.83. The summed E-state index contributed by atoms with van der Waals surface area (Å²) in [6, 6.07) is 5.46. The number of esters is 1. The standard InChI is InChI=1S/C21H17F2N5O5S/c1-3-32-21(31)12-8-11(27-28(12)2)19(30)26-15-14-9(13-5-4-6-33-13)7-10(17(22)23)25-20(14)34-16(15)18(24)29/h4-8,17H,3H2,1-2H3,(H2,24,29)(H,26,30). The Labute approximate surface area is 194 Å². The van der Waals surface area contributed by atoms with Gasteiger partial charge in [0, 0.05) is 24.1 Å². The van der Waals surface area contributed by atoms with Gasteiger partial charge >= 0.3 is 5.97 Å². The summed E-state index contributed by atoms with van der Waals surface area (Å²) in [6.45, 7) is 1.77. The fraction of sp³-hybridized carbons (Fsp3) is 0.190. The zero-order chi connectivity index (χ0) is 24.6. The predicted octanol–water partition coefficient (Wildman–Crippen LogP) is 3.76. The number of ether oxygens (including phenoxy) is 1. The number of aromatic nitrogens is 3. The van der Waals surface area contributed by atoms with Crippen molar-refractivity contribution in [3.63, 3.8) is 0 Å². The molecule has 0 bridgehead atoms. The van der Waals surface area contributed by atoms with Crippen LogP contribution in [0, 0.1) is 0 Å². The molecular formula is C21H17F2N5O5S. The lowest BCUT2D eigenvalue weighted by Gasteiger charge is -2.08. The maximum absolute atomic E-state index is 13.5. The third-order valence-electron chi connectivity index (χ3n) is 4.75. The lowest BCUT2D eigenvalue weighted by atomic mass is 10.1. The number of rotatable bonds is 7. The molecule has 176 valence electrons. The largest absolute Gasteiger partial charge is 0.464 e. The summed E-state index contributed by atoms with van der Waals surface area (Å²) in [6.07, 6.45) is -1.53. The van der Waals surface area contributed by atoms with Crippen LogP contribution in [0.25, 0.3) is 21.5 Å². The maximum atomic E-state index is 13.5. The number of amides is 2. The van der Waals surface area contributed by atoms with E-state index in [-0.39, 0.29) is 50.1 Å². The second-order valence-corrected chi connectivity index (χ2v) is 7.94. The summed E-state index contributed by atoms with van der Waals surface area (Å²) in [5.74, 6) is -2.10. The van der Waals surface area contributed by atoms with Gasteiger partial charge in [-0.15, -0.1) is 11.3 Å². The Morgan fingerprint density at radius 3 is 2.71 bits per heavy atom. The normalized spacial score (nSPS) is 11.2. The number of anilines is 1. The number of nitrogens with zero attached hydrogens (tertiary/aromatic N) is 3. The maximum Gasteiger partial charge on any atom is 0.356 e. The first kappa shape index (κ1) is 23.0. The second-order valence-electron chi connectivity index (χ2n) is 6.94. The molecule has 2 amide bonds.